The van der Waals surface area contributed by atoms with Gasteiger partial charge in [0.25, 0.3) is 0 Å². The molecule has 2 rings (SSSR count). The van der Waals surface area contributed by atoms with Crippen LogP contribution in [0.4, 0.5) is 10.1 Å². The fourth-order valence-electron chi connectivity index (χ4n) is 3.31. The van der Waals surface area contributed by atoms with Gasteiger partial charge in [-0.2, -0.15) is 0 Å². The first-order chi connectivity index (χ1) is 14.3. The van der Waals surface area contributed by atoms with E-state index in [1.54, 1.807) is 30.3 Å². The van der Waals surface area contributed by atoms with Gasteiger partial charge in [0.05, 0.1) is 5.02 Å². The number of aryl methyl sites for hydroxylation is 1. The maximum atomic E-state index is 15.4. The number of nitrogen functional groups attached to an aromatic ring is 1. The van der Waals surface area contributed by atoms with Crippen molar-refractivity contribution in [3.63, 3.8) is 0 Å². The van der Waals surface area contributed by atoms with Crippen LogP contribution in [0, 0.1) is 12.7 Å². The molecule has 164 valence electrons. The maximum absolute atomic E-state index is 15.4. The number of carbonyl (C=O) groups is 1. The first-order valence-electron chi connectivity index (χ1n) is 10.3. The van der Waals surface area contributed by atoms with Crippen LogP contribution in [0.3, 0.4) is 0 Å². The van der Waals surface area contributed by atoms with Crippen molar-refractivity contribution in [1.82, 2.24) is 5.32 Å². The molecule has 5 nitrogen and oxygen atoms in total. The van der Waals surface area contributed by atoms with E-state index in [0.717, 1.165) is 5.56 Å². The predicted octanol–water partition coefficient (Wildman–Crippen LogP) is 5.29. The number of halogens is 2. The third-order valence-corrected chi connectivity index (χ3v) is 5.30. The molecular formula is C23H31ClFN3O2. The molecule has 5 N–H and O–H groups in total. The minimum atomic E-state index is -0.516. The molecule has 0 spiro atoms. The van der Waals surface area contributed by atoms with Crippen molar-refractivity contribution >= 4 is 23.1 Å². The lowest BCUT2D eigenvalue weighted by Gasteiger charge is -2.24. The summed E-state index contributed by atoms with van der Waals surface area (Å²) in [5.41, 5.74) is 13.2. The van der Waals surface area contributed by atoms with Gasteiger partial charge in [0.1, 0.15) is 11.5 Å². The minimum absolute atomic E-state index is 0.0229. The van der Waals surface area contributed by atoms with Crippen LogP contribution in [0.2, 0.25) is 5.02 Å². The number of ketones is 1. The molecule has 0 aliphatic rings. The molecule has 0 heterocycles. The first kappa shape index (κ1) is 24.1. The highest BCUT2D eigenvalue weighted by molar-refractivity contribution is 6.32. The average molecular weight is 436 g/mol. The second kappa shape index (κ2) is 11.3. The highest BCUT2D eigenvalue weighted by atomic mass is 35.5. The summed E-state index contributed by atoms with van der Waals surface area (Å²) in [7, 11) is 0. The molecule has 0 aromatic heterocycles. The van der Waals surface area contributed by atoms with Crippen molar-refractivity contribution in [3.8, 4) is 11.5 Å². The standard InChI is InChI=1S/C23H31ClFN3O2/c1-4-21(28-15(3)13-16(29)6-5-11-26)18-8-9-19(24)23(22(18)25)30-17-7-10-20(27)14(2)12-17/h7-10,12,15,21,28H,4-6,11,13,26-27H2,1-3H3/t15-,21-/m1/s1. The van der Waals surface area contributed by atoms with Crippen molar-refractivity contribution in [3.05, 3.63) is 52.3 Å². The van der Waals surface area contributed by atoms with Crippen molar-refractivity contribution < 1.29 is 13.9 Å². The molecule has 0 fully saturated rings. The number of nitrogens with two attached hydrogens (primary N) is 2. The van der Waals surface area contributed by atoms with Gasteiger partial charge in [0.15, 0.2) is 11.6 Å². The minimum Gasteiger partial charge on any atom is -0.453 e. The average Bonchev–Trinajstić information content (AvgIpc) is 2.70. The van der Waals surface area contributed by atoms with Gasteiger partial charge in [0, 0.05) is 36.2 Å². The topological polar surface area (TPSA) is 90.4 Å². The number of anilines is 1. The SMILES string of the molecule is CC[C@@H](N[C@H](C)CC(=O)CCCN)c1ccc(Cl)c(Oc2ccc(N)c(C)c2)c1F. The number of hydrogen-bond acceptors (Lipinski definition) is 5. The van der Waals surface area contributed by atoms with Gasteiger partial charge >= 0.3 is 0 Å². The Kier molecular flexibility index (Phi) is 9.08. The molecule has 0 aliphatic carbocycles. The Hall–Kier alpha value is -2.15. The van der Waals surface area contributed by atoms with Crippen molar-refractivity contribution in [2.75, 3.05) is 12.3 Å². The number of ether oxygens (including phenoxy) is 1. The lowest BCUT2D eigenvalue weighted by molar-refractivity contribution is -0.119. The molecule has 0 radical (unpaired) electrons. The van der Waals surface area contributed by atoms with Gasteiger partial charge in [-0.15, -0.1) is 0 Å². The highest BCUT2D eigenvalue weighted by Gasteiger charge is 2.22. The molecule has 7 heteroatoms. The van der Waals surface area contributed by atoms with Crippen LogP contribution in [0.15, 0.2) is 30.3 Å². The predicted molar refractivity (Wildman–Crippen MR) is 121 cm³/mol. The Bertz CT molecular complexity index is 876. The van der Waals surface area contributed by atoms with E-state index in [9.17, 15) is 4.79 Å². The summed E-state index contributed by atoms with van der Waals surface area (Å²) in [4.78, 5) is 12.0. The lowest BCUT2D eigenvalue weighted by Crippen LogP contribution is -2.32. The Morgan fingerprint density at radius 1 is 1.30 bits per heavy atom. The van der Waals surface area contributed by atoms with Crippen LogP contribution in [-0.4, -0.2) is 18.4 Å². The molecule has 2 aromatic carbocycles. The molecule has 2 aromatic rings. The van der Waals surface area contributed by atoms with E-state index in [1.165, 1.54) is 0 Å². The van der Waals surface area contributed by atoms with Crippen LogP contribution in [0.1, 0.15) is 56.7 Å². The third-order valence-electron chi connectivity index (χ3n) is 5.00. The monoisotopic (exact) mass is 435 g/mol. The van der Waals surface area contributed by atoms with Gasteiger partial charge in [0.2, 0.25) is 0 Å². The normalized spacial score (nSPS) is 13.1. The summed E-state index contributed by atoms with van der Waals surface area (Å²) in [5.74, 6) is 0.0670. The smallest absolute Gasteiger partial charge is 0.181 e. The summed E-state index contributed by atoms with van der Waals surface area (Å²) in [6.45, 7) is 6.23. The van der Waals surface area contributed by atoms with E-state index in [1.807, 2.05) is 20.8 Å². The number of rotatable bonds is 11. The zero-order chi connectivity index (χ0) is 22.3. The van der Waals surface area contributed by atoms with Crippen LogP contribution in [0.25, 0.3) is 0 Å². The second-order valence-corrected chi connectivity index (χ2v) is 7.97. The quantitative estimate of drug-likeness (QED) is 0.417. The number of nitrogens with one attached hydrogen (secondary N) is 1. The van der Waals surface area contributed by atoms with E-state index < -0.39 is 5.82 Å². The van der Waals surface area contributed by atoms with Crippen molar-refractivity contribution in [2.24, 2.45) is 5.73 Å². The fourth-order valence-corrected chi connectivity index (χ4v) is 3.50. The first-order valence-corrected chi connectivity index (χ1v) is 10.6. The lowest BCUT2D eigenvalue weighted by atomic mass is 10.0. The number of carbonyl (C=O) groups excluding carboxylic acids is 1. The van der Waals surface area contributed by atoms with Gasteiger partial charge in [-0.25, -0.2) is 4.39 Å². The molecule has 2 atom stereocenters. The summed E-state index contributed by atoms with van der Waals surface area (Å²) in [5, 5.41) is 3.54. The third kappa shape index (κ3) is 6.42. The molecule has 0 saturated carbocycles. The molecule has 0 unspecified atom stereocenters. The molecule has 0 aliphatic heterocycles. The second-order valence-electron chi connectivity index (χ2n) is 7.56. The molecule has 0 bridgehead atoms. The zero-order valence-electron chi connectivity index (χ0n) is 17.8. The van der Waals surface area contributed by atoms with Gasteiger partial charge < -0.3 is 21.5 Å². The Morgan fingerprint density at radius 2 is 2.03 bits per heavy atom. The summed E-state index contributed by atoms with van der Waals surface area (Å²) >= 11 is 6.23. The Morgan fingerprint density at radius 3 is 2.67 bits per heavy atom. The molecule has 0 saturated heterocycles. The molecular weight excluding hydrogens is 405 g/mol. The van der Waals surface area contributed by atoms with Gasteiger partial charge in [-0.05, 0) is 63.1 Å². The zero-order valence-corrected chi connectivity index (χ0v) is 18.6. The van der Waals surface area contributed by atoms with E-state index in [0.29, 0.717) is 49.2 Å². The van der Waals surface area contributed by atoms with Crippen LogP contribution in [-0.2, 0) is 4.79 Å². The highest BCUT2D eigenvalue weighted by Crippen LogP contribution is 2.37. The van der Waals surface area contributed by atoms with E-state index in [-0.39, 0.29) is 28.6 Å². The Balaban J connectivity index is 2.20. The molecule has 30 heavy (non-hydrogen) atoms. The van der Waals surface area contributed by atoms with E-state index >= 15 is 4.39 Å². The largest absolute Gasteiger partial charge is 0.453 e. The van der Waals surface area contributed by atoms with E-state index in [2.05, 4.69) is 5.32 Å². The van der Waals surface area contributed by atoms with Crippen LogP contribution in [0.5, 0.6) is 11.5 Å². The van der Waals surface area contributed by atoms with Crippen LogP contribution >= 0.6 is 11.6 Å². The van der Waals surface area contributed by atoms with Gasteiger partial charge in [-0.1, -0.05) is 24.6 Å². The van der Waals surface area contributed by atoms with Gasteiger partial charge in [-0.3, -0.25) is 4.79 Å². The van der Waals surface area contributed by atoms with E-state index in [4.69, 9.17) is 27.8 Å². The summed E-state index contributed by atoms with van der Waals surface area (Å²) in [6.07, 6.45) is 2.16. The van der Waals surface area contributed by atoms with Crippen LogP contribution < -0.4 is 21.5 Å². The summed E-state index contributed by atoms with van der Waals surface area (Å²) in [6, 6.07) is 8.02. The fraction of sp³-hybridized carbons (Fsp3) is 0.435. The van der Waals surface area contributed by atoms with Crippen molar-refractivity contribution in [2.45, 2.75) is 58.5 Å². The summed E-state index contributed by atoms with van der Waals surface area (Å²) < 4.78 is 21.1. The molecule has 0 amide bonds. The number of hydrogen-bond donors (Lipinski definition) is 3. The number of benzene rings is 2. The van der Waals surface area contributed by atoms with Crippen molar-refractivity contribution in [1.29, 1.82) is 0 Å². The maximum Gasteiger partial charge on any atom is 0.181 e. The Labute approximate surface area is 182 Å². The number of Topliss-reactive ketones (excluding diaryl/α,β-unsaturated/α-hetero) is 1.